The molecule has 0 atom stereocenters. The summed E-state index contributed by atoms with van der Waals surface area (Å²) >= 11 is 0. The van der Waals surface area contributed by atoms with E-state index in [-0.39, 0.29) is 23.6 Å². The second-order valence-electron chi connectivity index (χ2n) is 5.51. The highest BCUT2D eigenvalue weighted by Gasteiger charge is 2.30. The first-order valence-corrected chi connectivity index (χ1v) is 8.45. The molecule has 1 aliphatic carbocycles. The van der Waals surface area contributed by atoms with E-state index in [2.05, 4.69) is 5.32 Å². The van der Waals surface area contributed by atoms with Crippen LogP contribution in [0.2, 0.25) is 0 Å². The number of carbonyl (C=O) groups is 2. The Labute approximate surface area is 128 Å². The molecule has 0 aromatic carbocycles. The van der Waals surface area contributed by atoms with E-state index in [1.54, 1.807) is 0 Å². The fraction of sp³-hybridized carbons (Fsp3) is 0.538. The van der Waals surface area contributed by atoms with E-state index < -0.39 is 16.2 Å². The molecule has 122 valence electrons. The Balaban J connectivity index is 2.23. The lowest BCUT2D eigenvalue weighted by atomic mass is 9.81. The van der Waals surface area contributed by atoms with Gasteiger partial charge in [-0.25, -0.2) is 13.9 Å². The molecular weight excluding hydrogens is 310 g/mol. The zero-order valence-electron chi connectivity index (χ0n) is 12.2. The second kappa shape index (κ2) is 6.09. The van der Waals surface area contributed by atoms with Crippen molar-refractivity contribution in [3.8, 4) is 0 Å². The van der Waals surface area contributed by atoms with Crippen molar-refractivity contribution in [1.29, 1.82) is 0 Å². The van der Waals surface area contributed by atoms with E-state index in [0.717, 1.165) is 12.8 Å². The molecule has 0 unspecified atom stereocenters. The molecule has 1 fully saturated rings. The summed E-state index contributed by atoms with van der Waals surface area (Å²) in [5.41, 5.74) is 0.174. The second-order valence-corrected chi connectivity index (χ2v) is 6.94. The Hall–Kier alpha value is -1.87. The number of hydrogen-bond acceptors (Lipinski definition) is 4. The normalized spacial score (nSPS) is 22.3. The average molecular weight is 329 g/mol. The van der Waals surface area contributed by atoms with Gasteiger partial charge in [0, 0.05) is 19.2 Å². The van der Waals surface area contributed by atoms with Gasteiger partial charge in [-0.1, -0.05) is 0 Å². The molecule has 9 heteroatoms. The molecule has 0 bridgehead atoms. The summed E-state index contributed by atoms with van der Waals surface area (Å²) in [5.74, 6) is -1.47. The van der Waals surface area contributed by atoms with Crippen LogP contribution in [0.1, 0.15) is 54.6 Å². The minimum absolute atomic E-state index is 0.0564. The Morgan fingerprint density at radius 3 is 2.36 bits per heavy atom. The minimum Gasteiger partial charge on any atom is -0.477 e. The van der Waals surface area contributed by atoms with E-state index in [1.807, 2.05) is 0 Å². The summed E-state index contributed by atoms with van der Waals surface area (Å²) in [6, 6.07) is 1.58. The third kappa shape index (κ3) is 3.47. The van der Waals surface area contributed by atoms with Crippen LogP contribution in [0, 0.1) is 0 Å². The van der Waals surface area contributed by atoms with Crippen molar-refractivity contribution < 1.29 is 23.1 Å². The van der Waals surface area contributed by atoms with Gasteiger partial charge in [0.1, 0.15) is 5.69 Å². The van der Waals surface area contributed by atoms with Crippen LogP contribution in [0.15, 0.2) is 12.3 Å². The molecule has 8 nitrogen and oxygen atoms in total. The number of carbonyl (C=O) groups excluding carboxylic acids is 1. The van der Waals surface area contributed by atoms with Crippen LogP contribution in [0.4, 0.5) is 0 Å². The number of carboxylic acid groups (broad SMARTS) is 1. The molecule has 1 aliphatic rings. The fourth-order valence-electron chi connectivity index (χ4n) is 3.02. The van der Waals surface area contributed by atoms with E-state index in [4.69, 9.17) is 5.14 Å². The molecule has 0 aliphatic heterocycles. The van der Waals surface area contributed by atoms with Gasteiger partial charge in [0.25, 0.3) is 0 Å². The molecule has 0 spiro atoms. The van der Waals surface area contributed by atoms with Crippen molar-refractivity contribution >= 4 is 22.1 Å². The predicted octanol–water partition coefficient (Wildman–Crippen LogP) is 0.400. The standard InChI is InChI=1S/C13H19N3O5S/c1-8(17)15-10-4-2-9(3-5-10)11-6-7-16(22(14,20)21)12(11)13(18)19/h6-7,9-10H,2-5H2,1H3,(H,15,17)(H,18,19)(H2,14,20,21). The van der Waals surface area contributed by atoms with Gasteiger partial charge in [0.15, 0.2) is 0 Å². The Morgan fingerprint density at radius 1 is 1.32 bits per heavy atom. The van der Waals surface area contributed by atoms with Crippen LogP contribution in [0.25, 0.3) is 0 Å². The van der Waals surface area contributed by atoms with Crippen molar-refractivity contribution in [2.45, 2.75) is 44.6 Å². The SMILES string of the molecule is CC(=O)NC1CCC(c2ccn(S(N)(=O)=O)c2C(=O)O)CC1. The maximum Gasteiger partial charge on any atom is 0.353 e. The summed E-state index contributed by atoms with van der Waals surface area (Å²) in [4.78, 5) is 22.5. The van der Waals surface area contributed by atoms with Crippen LogP contribution in [0.5, 0.6) is 0 Å². The quantitative estimate of drug-likeness (QED) is 0.735. The molecule has 1 aromatic heterocycles. The highest BCUT2D eigenvalue weighted by Crippen LogP contribution is 2.35. The summed E-state index contributed by atoms with van der Waals surface area (Å²) in [5, 5.41) is 17.2. The van der Waals surface area contributed by atoms with E-state index >= 15 is 0 Å². The van der Waals surface area contributed by atoms with Gasteiger partial charge in [0.2, 0.25) is 5.91 Å². The number of nitrogens with two attached hydrogens (primary N) is 1. The fourth-order valence-corrected chi connectivity index (χ4v) is 3.69. The predicted molar refractivity (Wildman–Crippen MR) is 78.7 cm³/mol. The molecule has 1 heterocycles. The molecule has 2 rings (SSSR count). The van der Waals surface area contributed by atoms with E-state index in [9.17, 15) is 23.1 Å². The first-order valence-electron chi connectivity index (χ1n) is 6.95. The smallest absolute Gasteiger partial charge is 0.353 e. The van der Waals surface area contributed by atoms with Crippen LogP contribution in [0.3, 0.4) is 0 Å². The molecule has 0 radical (unpaired) electrons. The van der Waals surface area contributed by atoms with Gasteiger partial charge in [-0.15, -0.1) is 0 Å². The highest BCUT2D eigenvalue weighted by molar-refractivity contribution is 7.87. The largest absolute Gasteiger partial charge is 0.477 e. The number of carboxylic acids is 1. The number of aromatic nitrogens is 1. The van der Waals surface area contributed by atoms with Crippen molar-refractivity contribution in [3.05, 3.63) is 23.5 Å². The molecule has 1 aromatic rings. The molecule has 1 amide bonds. The third-order valence-corrected chi connectivity index (χ3v) is 4.79. The van der Waals surface area contributed by atoms with E-state index in [0.29, 0.717) is 22.4 Å². The van der Waals surface area contributed by atoms with Crippen molar-refractivity contribution in [2.24, 2.45) is 5.14 Å². The van der Waals surface area contributed by atoms with Gasteiger partial charge in [-0.2, -0.15) is 8.42 Å². The Bertz CT molecular complexity index is 687. The number of aromatic carboxylic acids is 1. The maximum atomic E-state index is 11.5. The summed E-state index contributed by atoms with van der Waals surface area (Å²) in [6.45, 7) is 1.46. The lowest BCUT2D eigenvalue weighted by molar-refractivity contribution is -0.119. The minimum atomic E-state index is -4.14. The first-order chi connectivity index (χ1) is 10.2. The maximum absolute atomic E-state index is 11.5. The summed E-state index contributed by atoms with van der Waals surface area (Å²) < 4.78 is 23.5. The van der Waals surface area contributed by atoms with Crippen LogP contribution >= 0.6 is 0 Å². The van der Waals surface area contributed by atoms with Gasteiger partial charge >= 0.3 is 16.2 Å². The first kappa shape index (κ1) is 16.5. The van der Waals surface area contributed by atoms with Crippen molar-refractivity contribution in [2.75, 3.05) is 0 Å². The number of hydrogen-bond donors (Lipinski definition) is 3. The van der Waals surface area contributed by atoms with Crippen molar-refractivity contribution in [1.82, 2.24) is 9.29 Å². The third-order valence-electron chi connectivity index (χ3n) is 3.93. The molecular formula is C13H19N3O5S. The van der Waals surface area contributed by atoms with E-state index in [1.165, 1.54) is 19.2 Å². The topological polar surface area (TPSA) is 131 Å². The Morgan fingerprint density at radius 2 is 1.91 bits per heavy atom. The van der Waals surface area contributed by atoms with Crippen molar-refractivity contribution in [3.63, 3.8) is 0 Å². The lowest BCUT2D eigenvalue weighted by Crippen LogP contribution is -2.36. The van der Waals surface area contributed by atoms with Crippen LogP contribution in [-0.4, -0.2) is 35.4 Å². The average Bonchev–Trinajstić information content (AvgIpc) is 2.83. The van der Waals surface area contributed by atoms with Gasteiger partial charge in [-0.05, 0) is 43.2 Å². The Kier molecular flexibility index (Phi) is 4.57. The van der Waals surface area contributed by atoms with Crippen LogP contribution < -0.4 is 10.5 Å². The summed E-state index contributed by atoms with van der Waals surface area (Å²) in [6.07, 6.45) is 3.99. The van der Waals surface area contributed by atoms with Gasteiger partial charge in [0.05, 0.1) is 0 Å². The number of amides is 1. The van der Waals surface area contributed by atoms with Crippen LogP contribution in [-0.2, 0) is 15.0 Å². The van der Waals surface area contributed by atoms with Gasteiger partial charge in [-0.3, -0.25) is 4.79 Å². The molecule has 4 N–H and O–H groups in total. The number of nitrogens with zero attached hydrogens (tertiary/aromatic N) is 1. The molecule has 1 saturated carbocycles. The zero-order chi connectivity index (χ0) is 16.5. The lowest BCUT2D eigenvalue weighted by Gasteiger charge is -2.29. The zero-order valence-corrected chi connectivity index (χ0v) is 13.0. The highest BCUT2D eigenvalue weighted by atomic mass is 32.2. The van der Waals surface area contributed by atoms with Gasteiger partial charge < -0.3 is 10.4 Å². The number of nitrogens with one attached hydrogen (secondary N) is 1. The molecule has 22 heavy (non-hydrogen) atoms. The number of rotatable bonds is 4. The molecule has 0 saturated heterocycles. The summed E-state index contributed by atoms with van der Waals surface area (Å²) in [7, 11) is -4.14. The monoisotopic (exact) mass is 329 g/mol.